The van der Waals surface area contributed by atoms with E-state index in [9.17, 15) is 13.2 Å². The lowest BCUT2D eigenvalue weighted by Gasteiger charge is -2.06. The Labute approximate surface area is 96.1 Å². The fourth-order valence-corrected chi connectivity index (χ4v) is 1.27. The minimum absolute atomic E-state index is 0.0484. The lowest BCUT2D eigenvalue weighted by Crippen LogP contribution is -2.17. The van der Waals surface area contributed by atoms with Gasteiger partial charge in [-0.15, -0.1) is 24.8 Å². The average Bonchev–Trinajstić information content (AvgIpc) is 2.63. The van der Waals surface area contributed by atoms with Crippen LogP contribution in [0.5, 0.6) is 0 Å². The summed E-state index contributed by atoms with van der Waals surface area (Å²) in [6, 6.07) is 0. The quantitative estimate of drug-likeness (QED) is 0.757. The van der Waals surface area contributed by atoms with Crippen molar-refractivity contribution in [1.29, 1.82) is 0 Å². The van der Waals surface area contributed by atoms with Gasteiger partial charge in [0.15, 0.2) is 0 Å². The Hall–Kier alpha value is -0.750. The van der Waals surface area contributed by atoms with Crippen molar-refractivity contribution < 1.29 is 17.9 Å². The Balaban J connectivity index is 2.41. The molecule has 0 fully saturated rings. The molecule has 16 heavy (non-hydrogen) atoms. The number of hydrogen-bond donors (Lipinski definition) is 0. The highest BCUT2D eigenvalue weighted by Gasteiger charge is 2.28. The van der Waals surface area contributed by atoms with Crippen molar-refractivity contribution in [3.63, 3.8) is 0 Å². The van der Waals surface area contributed by atoms with Gasteiger partial charge in [-0.2, -0.15) is 5.10 Å². The fourth-order valence-electron chi connectivity index (χ4n) is 1.15. The Bertz CT molecular complexity index is 327. The van der Waals surface area contributed by atoms with Crippen molar-refractivity contribution in [2.24, 2.45) is 0 Å². The first-order valence-corrected chi connectivity index (χ1v) is 5.23. The van der Waals surface area contributed by atoms with Crippen LogP contribution in [0.15, 0.2) is 12.4 Å². The van der Waals surface area contributed by atoms with Gasteiger partial charge >= 0.3 is 6.36 Å². The standard InChI is InChI=1S/C9H12ClF3N2O/c1-2-8(10)7-5-14-15(6-7)3-4-16-9(11,12)13/h5-6,8H,2-4H2,1H3. The Kier molecular flexibility index (Phi) is 4.61. The maximum Gasteiger partial charge on any atom is 0.522 e. The van der Waals surface area contributed by atoms with Gasteiger partial charge in [0.25, 0.3) is 0 Å². The molecule has 92 valence electrons. The number of rotatable bonds is 5. The largest absolute Gasteiger partial charge is 0.522 e. The number of halogens is 4. The number of alkyl halides is 4. The fraction of sp³-hybridized carbons (Fsp3) is 0.667. The van der Waals surface area contributed by atoms with Crippen LogP contribution in [0.3, 0.4) is 0 Å². The summed E-state index contributed by atoms with van der Waals surface area (Å²) in [5.74, 6) is 0. The van der Waals surface area contributed by atoms with Crippen molar-refractivity contribution in [2.75, 3.05) is 6.61 Å². The van der Waals surface area contributed by atoms with E-state index in [1.165, 1.54) is 4.68 Å². The zero-order valence-corrected chi connectivity index (χ0v) is 9.42. The topological polar surface area (TPSA) is 27.1 Å². The normalized spacial score (nSPS) is 14.1. The SMILES string of the molecule is CCC(Cl)c1cnn(CCOC(F)(F)F)c1. The molecule has 0 saturated carbocycles. The molecular formula is C9H12ClF3N2O. The molecule has 0 radical (unpaired) electrons. The second kappa shape index (κ2) is 5.54. The number of aromatic nitrogens is 2. The van der Waals surface area contributed by atoms with Crippen LogP contribution in [0.25, 0.3) is 0 Å². The van der Waals surface area contributed by atoms with Gasteiger partial charge in [0.05, 0.1) is 24.7 Å². The van der Waals surface area contributed by atoms with E-state index in [1.807, 2.05) is 6.92 Å². The third kappa shape index (κ3) is 4.40. The van der Waals surface area contributed by atoms with Gasteiger partial charge in [-0.1, -0.05) is 6.92 Å². The Morgan fingerprint density at radius 2 is 2.25 bits per heavy atom. The van der Waals surface area contributed by atoms with Crippen molar-refractivity contribution in [3.8, 4) is 0 Å². The summed E-state index contributed by atoms with van der Waals surface area (Å²) < 4.78 is 40.0. The second-order valence-corrected chi connectivity index (χ2v) is 3.73. The maximum absolute atomic E-state index is 11.7. The first-order valence-electron chi connectivity index (χ1n) is 4.79. The second-order valence-electron chi connectivity index (χ2n) is 3.21. The van der Waals surface area contributed by atoms with Crippen LogP contribution in [0.4, 0.5) is 13.2 Å². The van der Waals surface area contributed by atoms with Crippen molar-refractivity contribution in [1.82, 2.24) is 9.78 Å². The highest BCUT2D eigenvalue weighted by Crippen LogP contribution is 2.22. The third-order valence-electron chi connectivity index (χ3n) is 1.96. The third-order valence-corrected chi connectivity index (χ3v) is 2.52. The van der Waals surface area contributed by atoms with E-state index in [0.717, 1.165) is 12.0 Å². The minimum Gasteiger partial charge on any atom is -0.290 e. The van der Waals surface area contributed by atoms with Crippen LogP contribution >= 0.6 is 11.6 Å². The van der Waals surface area contributed by atoms with E-state index in [2.05, 4.69) is 9.84 Å². The van der Waals surface area contributed by atoms with E-state index < -0.39 is 13.0 Å². The zero-order chi connectivity index (χ0) is 12.2. The molecule has 0 aromatic carbocycles. The highest BCUT2D eigenvalue weighted by atomic mass is 35.5. The smallest absolute Gasteiger partial charge is 0.290 e. The van der Waals surface area contributed by atoms with Gasteiger partial charge in [0, 0.05) is 11.8 Å². The highest BCUT2D eigenvalue weighted by molar-refractivity contribution is 6.20. The molecule has 1 aromatic heterocycles. The first kappa shape index (κ1) is 13.3. The van der Waals surface area contributed by atoms with Crippen LogP contribution in [0.1, 0.15) is 24.3 Å². The van der Waals surface area contributed by atoms with Crippen molar-refractivity contribution >= 4 is 11.6 Å². The molecule has 0 aliphatic rings. The van der Waals surface area contributed by atoms with Gasteiger partial charge in [-0.3, -0.25) is 9.42 Å². The summed E-state index contributed by atoms with van der Waals surface area (Å²) in [7, 11) is 0. The van der Waals surface area contributed by atoms with Gasteiger partial charge in [-0.05, 0) is 6.42 Å². The maximum atomic E-state index is 11.7. The molecule has 3 nitrogen and oxygen atoms in total. The summed E-state index contributed by atoms with van der Waals surface area (Å²) in [5.41, 5.74) is 0.802. The molecule has 0 amide bonds. The van der Waals surface area contributed by atoms with Crippen molar-refractivity contribution in [3.05, 3.63) is 18.0 Å². The molecule has 1 aromatic rings. The molecule has 1 unspecified atom stereocenters. The van der Waals surface area contributed by atoms with E-state index in [1.54, 1.807) is 12.4 Å². The van der Waals surface area contributed by atoms with Crippen LogP contribution in [0.2, 0.25) is 0 Å². The predicted octanol–water partition coefficient (Wildman–Crippen LogP) is 3.11. The van der Waals surface area contributed by atoms with Crippen LogP contribution in [-0.4, -0.2) is 22.7 Å². The van der Waals surface area contributed by atoms with Gasteiger partial charge < -0.3 is 0 Å². The van der Waals surface area contributed by atoms with Crippen LogP contribution in [0, 0.1) is 0 Å². The summed E-state index contributed by atoms with van der Waals surface area (Å²) in [6.45, 7) is 1.51. The molecule has 0 saturated heterocycles. The summed E-state index contributed by atoms with van der Waals surface area (Å²) in [5, 5.41) is 3.73. The van der Waals surface area contributed by atoms with E-state index in [0.29, 0.717) is 0 Å². The molecule has 7 heteroatoms. The predicted molar refractivity (Wildman–Crippen MR) is 53.1 cm³/mol. The first-order chi connectivity index (χ1) is 7.42. The number of hydrogen-bond acceptors (Lipinski definition) is 2. The van der Waals surface area contributed by atoms with Gasteiger partial charge in [0.1, 0.15) is 0 Å². The lowest BCUT2D eigenvalue weighted by molar-refractivity contribution is -0.325. The molecule has 1 heterocycles. The molecule has 0 spiro atoms. The monoisotopic (exact) mass is 256 g/mol. The molecule has 0 N–H and O–H groups in total. The average molecular weight is 257 g/mol. The molecule has 1 rings (SSSR count). The Morgan fingerprint density at radius 3 is 2.81 bits per heavy atom. The number of ether oxygens (including phenoxy) is 1. The van der Waals surface area contributed by atoms with Crippen molar-refractivity contribution in [2.45, 2.75) is 31.6 Å². The van der Waals surface area contributed by atoms with Gasteiger partial charge in [-0.25, -0.2) is 0 Å². The summed E-state index contributed by atoms with van der Waals surface area (Å²) in [4.78, 5) is 0. The number of nitrogens with zero attached hydrogens (tertiary/aromatic N) is 2. The molecular weight excluding hydrogens is 245 g/mol. The molecule has 0 aliphatic carbocycles. The summed E-state index contributed by atoms with van der Waals surface area (Å²) in [6.07, 6.45) is -0.670. The lowest BCUT2D eigenvalue weighted by atomic mass is 10.2. The molecule has 1 atom stereocenters. The van der Waals surface area contributed by atoms with E-state index in [4.69, 9.17) is 11.6 Å². The minimum atomic E-state index is -4.59. The zero-order valence-electron chi connectivity index (χ0n) is 8.67. The summed E-state index contributed by atoms with van der Waals surface area (Å²) >= 11 is 5.95. The molecule has 0 aliphatic heterocycles. The Morgan fingerprint density at radius 1 is 1.56 bits per heavy atom. The van der Waals surface area contributed by atoms with Gasteiger partial charge in [0.2, 0.25) is 0 Å². The van der Waals surface area contributed by atoms with Crippen LogP contribution < -0.4 is 0 Å². The molecule has 0 bridgehead atoms. The van der Waals surface area contributed by atoms with E-state index >= 15 is 0 Å². The van der Waals surface area contributed by atoms with Crippen LogP contribution in [-0.2, 0) is 11.3 Å². The van der Waals surface area contributed by atoms with E-state index in [-0.39, 0.29) is 11.9 Å².